The zero-order chi connectivity index (χ0) is 30.2. The third-order valence-corrected chi connectivity index (χ3v) is 8.07. The molecule has 15 nitrogen and oxygen atoms in total. The SMILES string of the molecule is CC(C)CCOC(=O)OC(C)OC(=O)C1=C(/C=C\c2csnn2)CSC2C(NC(=O)/C=N\Oc3csc(N)n3)C(=O)N12. The van der Waals surface area contributed by atoms with Gasteiger partial charge in [-0.2, -0.15) is 4.98 Å². The van der Waals surface area contributed by atoms with Gasteiger partial charge in [0.2, 0.25) is 6.29 Å². The van der Waals surface area contributed by atoms with Crippen molar-refractivity contribution in [3.63, 3.8) is 0 Å². The van der Waals surface area contributed by atoms with Gasteiger partial charge in [-0.25, -0.2) is 9.59 Å². The third kappa shape index (κ3) is 8.04. The summed E-state index contributed by atoms with van der Waals surface area (Å²) < 4.78 is 19.2. The summed E-state index contributed by atoms with van der Waals surface area (Å²) in [4.78, 5) is 60.9. The van der Waals surface area contributed by atoms with Crippen molar-refractivity contribution in [1.82, 2.24) is 24.8 Å². The van der Waals surface area contributed by atoms with Crippen LogP contribution in [-0.2, 0) is 28.6 Å². The number of thiazole rings is 1. The fourth-order valence-corrected chi connectivity index (χ4v) is 5.80. The normalized spacial score (nSPS) is 19.0. The first-order chi connectivity index (χ1) is 20.1. The summed E-state index contributed by atoms with van der Waals surface area (Å²) in [5, 5.41) is 13.0. The van der Waals surface area contributed by atoms with E-state index in [0.29, 0.717) is 29.4 Å². The highest BCUT2D eigenvalue weighted by atomic mass is 32.2. The van der Waals surface area contributed by atoms with E-state index in [1.165, 1.54) is 29.0 Å². The summed E-state index contributed by atoms with van der Waals surface area (Å²) in [6.45, 7) is 5.48. The lowest BCUT2D eigenvalue weighted by molar-refractivity contribution is -0.169. The van der Waals surface area contributed by atoms with Crippen molar-refractivity contribution < 1.29 is 38.2 Å². The van der Waals surface area contributed by atoms with Crippen LogP contribution in [0.2, 0.25) is 0 Å². The number of carbonyl (C=O) groups is 4. The Balaban J connectivity index is 1.42. The number of esters is 1. The first-order valence-electron chi connectivity index (χ1n) is 12.5. The van der Waals surface area contributed by atoms with E-state index in [2.05, 4.69) is 25.0 Å². The van der Waals surface area contributed by atoms with Crippen LogP contribution in [0.1, 0.15) is 32.9 Å². The number of oxime groups is 1. The van der Waals surface area contributed by atoms with Gasteiger partial charge in [0.25, 0.3) is 17.7 Å². The van der Waals surface area contributed by atoms with Crippen molar-refractivity contribution in [1.29, 1.82) is 0 Å². The standard InChI is InChI=1S/C24H27N7O8S3/c1-12(2)6-7-36-24(35)38-13(3)37-22(34)19-14(4-5-15-10-42-30-29-15)9-40-21-18(20(33)31(19)21)27-16(32)8-26-39-17-11-41-23(25)28-17/h4-5,8,10-13,18,21H,6-7,9H2,1-3H3,(H2,25,28)(H,27,32)/b5-4-,26-8-. The van der Waals surface area contributed by atoms with E-state index in [0.717, 1.165) is 29.1 Å². The van der Waals surface area contributed by atoms with E-state index in [9.17, 15) is 19.2 Å². The minimum absolute atomic E-state index is 0.0459. The Labute approximate surface area is 252 Å². The van der Waals surface area contributed by atoms with Crippen LogP contribution in [0.4, 0.5) is 9.93 Å². The summed E-state index contributed by atoms with van der Waals surface area (Å²) in [5.74, 6) is -1.38. The van der Waals surface area contributed by atoms with Crippen LogP contribution in [0, 0.1) is 5.92 Å². The molecule has 224 valence electrons. The van der Waals surface area contributed by atoms with E-state index in [1.54, 1.807) is 17.5 Å². The Bertz CT molecular complexity index is 1390. The molecular formula is C24H27N7O8S3. The number of hydrogen-bond acceptors (Lipinski definition) is 16. The molecule has 1 saturated heterocycles. The van der Waals surface area contributed by atoms with E-state index in [4.69, 9.17) is 24.8 Å². The second-order valence-electron chi connectivity index (χ2n) is 9.15. The maximum absolute atomic E-state index is 13.3. The average Bonchev–Trinajstić information content (AvgIpc) is 3.61. The van der Waals surface area contributed by atoms with Crippen LogP contribution < -0.4 is 15.9 Å². The van der Waals surface area contributed by atoms with Crippen LogP contribution >= 0.6 is 34.6 Å². The molecule has 2 aromatic rings. The highest BCUT2D eigenvalue weighted by molar-refractivity contribution is 8.00. The maximum Gasteiger partial charge on any atom is 0.511 e. The Morgan fingerprint density at radius 2 is 2.05 bits per heavy atom. The second-order valence-corrected chi connectivity index (χ2v) is 11.8. The molecular weight excluding hydrogens is 611 g/mol. The highest BCUT2D eigenvalue weighted by Crippen LogP contribution is 2.41. The molecule has 0 aromatic carbocycles. The molecule has 0 radical (unpaired) electrons. The van der Waals surface area contributed by atoms with E-state index in [-0.39, 0.29) is 23.3 Å². The minimum atomic E-state index is -1.30. The van der Waals surface area contributed by atoms with Crippen LogP contribution in [0.15, 0.2) is 33.3 Å². The molecule has 0 spiro atoms. The van der Waals surface area contributed by atoms with Crippen molar-refractivity contribution in [2.75, 3.05) is 18.1 Å². The molecule has 0 aliphatic carbocycles. The molecule has 18 heteroatoms. The molecule has 0 saturated carbocycles. The van der Waals surface area contributed by atoms with Crippen LogP contribution in [0.3, 0.4) is 0 Å². The molecule has 2 amide bonds. The van der Waals surface area contributed by atoms with E-state index < -0.39 is 41.6 Å². The predicted molar refractivity (Wildman–Crippen MR) is 154 cm³/mol. The molecule has 4 heterocycles. The summed E-state index contributed by atoms with van der Waals surface area (Å²) in [6, 6.07) is -0.940. The number of β-lactam (4-membered cyclic amide) rings is 1. The summed E-state index contributed by atoms with van der Waals surface area (Å²) >= 11 is 3.64. The summed E-state index contributed by atoms with van der Waals surface area (Å²) in [7, 11) is 0. The van der Waals surface area contributed by atoms with Crippen molar-refractivity contribution in [3.8, 4) is 5.88 Å². The van der Waals surface area contributed by atoms with Gasteiger partial charge >= 0.3 is 12.1 Å². The number of ether oxygens (including phenoxy) is 3. The Morgan fingerprint density at radius 3 is 2.74 bits per heavy atom. The van der Waals surface area contributed by atoms with Crippen molar-refractivity contribution >= 4 is 76.0 Å². The zero-order valence-electron chi connectivity index (χ0n) is 22.6. The first kappa shape index (κ1) is 30.9. The number of anilines is 1. The largest absolute Gasteiger partial charge is 0.511 e. The molecule has 4 rings (SSSR count). The lowest BCUT2D eigenvalue weighted by Crippen LogP contribution is -2.70. The number of hydrogen-bond donors (Lipinski definition) is 2. The van der Waals surface area contributed by atoms with Crippen molar-refractivity contribution in [3.05, 3.63) is 33.8 Å². The number of nitrogen functional groups attached to an aromatic ring is 1. The molecule has 3 N–H and O–H groups in total. The van der Waals surface area contributed by atoms with E-state index >= 15 is 0 Å². The Kier molecular flexibility index (Phi) is 10.5. The molecule has 2 aliphatic rings. The number of nitrogens with zero attached hydrogens (tertiary/aromatic N) is 5. The molecule has 1 fully saturated rings. The molecule has 2 aromatic heterocycles. The number of allylic oxidation sites excluding steroid dienone is 1. The van der Waals surface area contributed by atoms with Crippen LogP contribution in [0.25, 0.3) is 6.08 Å². The highest BCUT2D eigenvalue weighted by Gasteiger charge is 2.54. The summed E-state index contributed by atoms with van der Waals surface area (Å²) in [5.41, 5.74) is 6.51. The lowest BCUT2D eigenvalue weighted by atomic mass is 10.0. The van der Waals surface area contributed by atoms with Gasteiger partial charge in [0.05, 0.1) is 17.7 Å². The van der Waals surface area contributed by atoms with Crippen LogP contribution in [0.5, 0.6) is 5.88 Å². The number of nitrogens with one attached hydrogen (secondary N) is 1. The molecule has 3 atom stereocenters. The van der Waals surface area contributed by atoms with Gasteiger partial charge in [-0.3, -0.25) is 14.5 Å². The van der Waals surface area contributed by atoms with Crippen LogP contribution in [-0.4, -0.2) is 79.7 Å². The molecule has 2 aliphatic heterocycles. The van der Waals surface area contributed by atoms with Gasteiger partial charge in [0.15, 0.2) is 5.13 Å². The average molecular weight is 638 g/mol. The maximum atomic E-state index is 13.3. The first-order valence-corrected chi connectivity index (χ1v) is 15.3. The van der Waals surface area contributed by atoms with Gasteiger partial charge in [0, 0.05) is 18.1 Å². The Morgan fingerprint density at radius 1 is 1.24 bits per heavy atom. The number of fused-ring (bicyclic) bond motifs is 1. The fourth-order valence-electron chi connectivity index (χ4n) is 3.60. The number of aromatic nitrogens is 3. The smallest absolute Gasteiger partial charge is 0.434 e. The second kappa shape index (κ2) is 14.2. The number of carbonyl (C=O) groups excluding carboxylic acids is 4. The molecule has 0 bridgehead atoms. The monoisotopic (exact) mass is 637 g/mol. The number of thioether (sulfide) groups is 1. The van der Waals surface area contributed by atoms with Gasteiger partial charge < -0.3 is 30.1 Å². The molecule has 3 unspecified atom stereocenters. The number of rotatable bonds is 12. The van der Waals surface area contributed by atoms with Gasteiger partial charge in [0.1, 0.15) is 23.3 Å². The van der Waals surface area contributed by atoms with Crippen molar-refractivity contribution in [2.45, 2.75) is 44.9 Å². The fraction of sp³-hybridized carbons (Fsp3) is 0.417. The van der Waals surface area contributed by atoms with Gasteiger partial charge in [-0.15, -0.1) is 28.2 Å². The zero-order valence-corrected chi connectivity index (χ0v) is 25.1. The molecule has 42 heavy (non-hydrogen) atoms. The quantitative estimate of drug-likeness (QED) is 0.113. The minimum Gasteiger partial charge on any atom is -0.434 e. The lowest BCUT2D eigenvalue weighted by Gasteiger charge is -2.49. The number of amides is 2. The summed E-state index contributed by atoms with van der Waals surface area (Å²) in [6.07, 6.45) is 2.51. The number of nitrogens with two attached hydrogens (primary N) is 1. The van der Waals surface area contributed by atoms with E-state index in [1.807, 2.05) is 13.8 Å². The van der Waals surface area contributed by atoms with Gasteiger partial charge in [-0.1, -0.05) is 29.6 Å². The Hall–Kier alpha value is -4.03. The topological polar surface area (TPSA) is 198 Å². The predicted octanol–water partition coefficient (Wildman–Crippen LogP) is 2.40. The third-order valence-electron chi connectivity index (χ3n) is 5.59. The van der Waals surface area contributed by atoms with Crippen molar-refractivity contribution in [2.24, 2.45) is 11.1 Å². The van der Waals surface area contributed by atoms with Gasteiger partial charge in [-0.05, 0) is 35.5 Å².